The summed E-state index contributed by atoms with van der Waals surface area (Å²) in [6, 6.07) is 26.3. The molecule has 0 heterocycles. The van der Waals surface area contributed by atoms with Crippen molar-refractivity contribution in [2.75, 3.05) is 20.2 Å². The number of ether oxygens (including phenoxy) is 1. The molecule has 0 radical (unpaired) electrons. The molecular formula is C26H29NO2. The van der Waals surface area contributed by atoms with Crippen LogP contribution in [0.3, 0.4) is 0 Å². The van der Waals surface area contributed by atoms with Crippen LogP contribution in [0.5, 0.6) is 11.5 Å². The van der Waals surface area contributed by atoms with E-state index in [1.807, 2.05) is 37.4 Å². The van der Waals surface area contributed by atoms with Crippen molar-refractivity contribution in [1.82, 2.24) is 5.32 Å². The molecule has 150 valence electrons. The van der Waals surface area contributed by atoms with Gasteiger partial charge in [0.25, 0.3) is 0 Å². The summed E-state index contributed by atoms with van der Waals surface area (Å²) in [7, 11) is 1.92. The number of likely N-dealkylation sites (N-methyl/N-ethyl adjacent to an activating group) is 1. The molecule has 0 aromatic heterocycles. The van der Waals surface area contributed by atoms with E-state index in [0.717, 1.165) is 36.3 Å². The van der Waals surface area contributed by atoms with E-state index in [4.69, 9.17) is 4.74 Å². The first kappa shape index (κ1) is 20.7. The van der Waals surface area contributed by atoms with Gasteiger partial charge >= 0.3 is 0 Å². The molecule has 0 atom stereocenters. The maximum atomic E-state index is 9.77. The molecule has 3 rings (SSSR count). The van der Waals surface area contributed by atoms with Crippen molar-refractivity contribution in [3.8, 4) is 11.5 Å². The van der Waals surface area contributed by atoms with Crippen molar-refractivity contribution in [2.45, 2.75) is 19.8 Å². The van der Waals surface area contributed by atoms with E-state index < -0.39 is 0 Å². The van der Waals surface area contributed by atoms with Gasteiger partial charge in [-0.05, 0) is 65.6 Å². The minimum atomic E-state index is 0.276. The third-order valence-corrected chi connectivity index (χ3v) is 4.84. The fourth-order valence-corrected chi connectivity index (χ4v) is 3.44. The molecule has 0 fully saturated rings. The first-order valence-electron chi connectivity index (χ1n) is 10.2. The van der Waals surface area contributed by atoms with Crippen LogP contribution >= 0.6 is 0 Å². The zero-order chi connectivity index (χ0) is 20.5. The molecule has 0 saturated carbocycles. The van der Waals surface area contributed by atoms with E-state index in [2.05, 4.69) is 48.6 Å². The van der Waals surface area contributed by atoms with Gasteiger partial charge < -0.3 is 15.2 Å². The molecule has 29 heavy (non-hydrogen) atoms. The Hall–Kier alpha value is -3.04. The number of nitrogens with one attached hydrogen (secondary N) is 1. The Balaban J connectivity index is 2.09. The van der Waals surface area contributed by atoms with Gasteiger partial charge in [-0.15, -0.1) is 0 Å². The highest BCUT2D eigenvalue weighted by atomic mass is 16.5. The zero-order valence-corrected chi connectivity index (χ0v) is 17.2. The Bertz CT molecular complexity index is 913. The van der Waals surface area contributed by atoms with Gasteiger partial charge in [0, 0.05) is 6.54 Å². The first-order chi connectivity index (χ1) is 14.2. The van der Waals surface area contributed by atoms with E-state index in [1.54, 1.807) is 12.1 Å². The van der Waals surface area contributed by atoms with Crippen molar-refractivity contribution in [2.24, 2.45) is 0 Å². The van der Waals surface area contributed by atoms with Crippen LogP contribution < -0.4 is 10.1 Å². The summed E-state index contributed by atoms with van der Waals surface area (Å²) in [4.78, 5) is 0. The molecule has 0 amide bonds. The van der Waals surface area contributed by atoms with Gasteiger partial charge in [0.05, 0.1) is 0 Å². The molecule has 0 unspecified atom stereocenters. The highest BCUT2D eigenvalue weighted by Crippen LogP contribution is 2.36. The number of phenols is 1. The van der Waals surface area contributed by atoms with Gasteiger partial charge in [0.2, 0.25) is 0 Å². The van der Waals surface area contributed by atoms with E-state index in [1.165, 1.54) is 16.7 Å². The third kappa shape index (κ3) is 5.49. The predicted molar refractivity (Wildman–Crippen MR) is 121 cm³/mol. The minimum Gasteiger partial charge on any atom is -0.508 e. The molecule has 0 aliphatic carbocycles. The highest BCUT2D eigenvalue weighted by molar-refractivity contribution is 5.98. The second-order valence-electron chi connectivity index (χ2n) is 6.99. The van der Waals surface area contributed by atoms with Crippen LogP contribution in [0.15, 0.2) is 78.9 Å². The number of phenolic OH excluding ortho intramolecular Hbond substituents is 1. The second-order valence-corrected chi connectivity index (χ2v) is 6.99. The standard InChI is InChI=1S/C26H29NO2/c1-3-7-25(20-8-5-4-6-9-20)26(21-10-14-23(28)15-11-21)22-12-16-24(17-13-22)29-19-18-27-2/h4-6,8-17,27-28H,3,7,18-19H2,1-2H3/b26-25+. The van der Waals surface area contributed by atoms with Gasteiger partial charge in [0.1, 0.15) is 18.1 Å². The quantitative estimate of drug-likeness (QED) is 0.363. The number of benzene rings is 3. The van der Waals surface area contributed by atoms with Crippen molar-refractivity contribution >= 4 is 11.1 Å². The first-order valence-corrected chi connectivity index (χ1v) is 10.2. The maximum Gasteiger partial charge on any atom is 0.119 e. The van der Waals surface area contributed by atoms with Crippen molar-refractivity contribution in [1.29, 1.82) is 0 Å². The Labute approximate surface area is 173 Å². The van der Waals surface area contributed by atoms with Crippen LogP contribution in [0.1, 0.15) is 36.5 Å². The molecule has 0 aliphatic heterocycles. The Morgan fingerprint density at radius 2 is 1.45 bits per heavy atom. The largest absolute Gasteiger partial charge is 0.508 e. The Morgan fingerprint density at radius 1 is 0.828 bits per heavy atom. The molecule has 3 nitrogen and oxygen atoms in total. The lowest BCUT2D eigenvalue weighted by Gasteiger charge is -2.18. The fourth-order valence-electron chi connectivity index (χ4n) is 3.44. The van der Waals surface area contributed by atoms with Gasteiger partial charge in [-0.3, -0.25) is 0 Å². The topological polar surface area (TPSA) is 41.5 Å². The number of allylic oxidation sites excluding steroid dienone is 1. The summed E-state index contributed by atoms with van der Waals surface area (Å²) < 4.78 is 5.78. The lowest BCUT2D eigenvalue weighted by atomic mass is 9.87. The Morgan fingerprint density at radius 3 is 2.03 bits per heavy atom. The van der Waals surface area contributed by atoms with Gasteiger partial charge in [0.15, 0.2) is 0 Å². The molecule has 3 heteroatoms. The van der Waals surface area contributed by atoms with Gasteiger partial charge in [-0.2, -0.15) is 0 Å². The summed E-state index contributed by atoms with van der Waals surface area (Å²) in [5.74, 6) is 1.14. The molecule has 3 aromatic carbocycles. The number of hydrogen-bond acceptors (Lipinski definition) is 3. The van der Waals surface area contributed by atoms with Crippen LogP contribution in [-0.2, 0) is 0 Å². The monoisotopic (exact) mass is 387 g/mol. The van der Waals surface area contributed by atoms with Crippen molar-refractivity contribution < 1.29 is 9.84 Å². The normalized spacial score (nSPS) is 11.8. The summed E-state index contributed by atoms with van der Waals surface area (Å²) in [5.41, 5.74) is 5.97. The zero-order valence-electron chi connectivity index (χ0n) is 17.2. The Kier molecular flexibility index (Phi) is 7.48. The summed E-state index contributed by atoms with van der Waals surface area (Å²) in [6.45, 7) is 3.66. The lowest BCUT2D eigenvalue weighted by molar-refractivity contribution is 0.318. The van der Waals surface area contributed by atoms with Gasteiger partial charge in [-0.1, -0.05) is 67.9 Å². The molecule has 0 saturated heterocycles. The smallest absolute Gasteiger partial charge is 0.119 e. The molecular weight excluding hydrogens is 358 g/mol. The van der Waals surface area contributed by atoms with Crippen LogP contribution in [-0.4, -0.2) is 25.3 Å². The van der Waals surface area contributed by atoms with Crippen LogP contribution in [0.25, 0.3) is 11.1 Å². The van der Waals surface area contributed by atoms with E-state index in [9.17, 15) is 5.11 Å². The van der Waals surface area contributed by atoms with Gasteiger partial charge in [-0.25, -0.2) is 0 Å². The van der Waals surface area contributed by atoms with Crippen LogP contribution in [0.4, 0.5) is 0 Å². The number of aromatic hydroxyl groups is 1. The number of rotatable bonds is 9. The van der Waals surface area contributed by atoms with Crippen LogP contribution in [0.2, 0.25) is 0 Å². The number of hydrogen-bond donors (Lipinski definition) is 2. The molecule has 2 N–H and O–H groups in total. The molecule has 0 spiro atoms. The van der Waals surface area contributed by atoms with E-state index in [0.29, 0.717) is 6.61 Å². The average Bonchev–Trinajstić information content (AvgIpc) is 2.76. The molecule has 0 bridgehead atoms. The average molecular weight is 388 g/mol. The van der Waals surface area contributed by atoms with E-state index in [-0.39, 0.29) is 5.75 Å². The predicted octanol–water partition coefficient (Wildman–Crippen LogP) is 5.75. The van der Waals surface area contributed by atoms with Crippen LogP contribution in [0, 0.1) is 0 Å². The summed E-state index contributed by atoms with van der Waals surface area (Å²) in [6.07, 6.45) is 2.03. The highest BCUT2D eigenvalue weighted by Gasteiger charge is 2.14. The van der Waals surface area contributed by atoms with Crippen molar-refractivity contribution in [3.05, 3.63) is 95.6 Å². The third-order valence-electron chi connectivity index (χ3n) is 4.84. The second kappa shape index (κ2) is 10.5. The van der Waals surface area contributed by atoms with Crippen molar-refractivity contribution in [3.63, 3.8) is 0 Å². The minimum absolute atomic E-state index is 0.276. The lowest BCUT2D eigenvalue weighted by Crippen LogP contribution is -2.15. The maximum absolute atomic E-state index is 9.77. The molecule has 0 aliphatic rings. The molecule has 3 aromatic rings. The summed E-state index contributed by atoms with van der Waals surface area (Å²) >= 11 is 0. The SMILES string of the molecule is CCC/C(=C(/c1ccc(O)cc1)c1ccc(OCCNC)cc1)c1ccccc1. The summed E-state index contributed by atoms with van der Waals surface area (Å²) in [5, 5.41) is 12.9. The van der Waals surface area contributed by atoms with E-state index >= 15 is 0 Å². The fraction of sp³-hybridized carbons (Fsp3) is 0.231.